The molecule has 1 fully saturated rings. The number of ether oxygens (including phenoxy) is 1. The predicted octanol–water partition coefficient (Wildman–Crippen LogP) is 1.57. The number of hydrogen-bond donors (Lipinski definition) is 2. The van der Waals surface area contributed by atoms with Crippen LogP contribution in [0.3, 0.4) is 0 Å². The molecule has 17 heavy (non-hydrogen) atoms. The van der Waals surface area contributed by atoms with Crippen LogP contribution < -0.4 is 5.32 Å². The lowest BCUT2D eigenvalue weighted by molar-refractivity contribution is -0.142. The fourth-order valence-corrected chi connectivity index (χ4v) is 3.06. The maximum Gasteiger partial charge on any atom is 0.407 e. The number of carboxylic acids is 1. The second-order valence-electron chi connectivity index (χ2n) is 5.13. The number of hydrogen-bond acceptors (Lipinski definition) is 4. The zero-order valence-electron chi connectivity index (χ0n) is 10.4. The van der Waals surface area contributed by atoms with Crippen molar-refractivity contribution in [3.63, 3.8) is 0 Å². The number of aliphatic carboxylic acids is 1. The number of carbonyl (C=O) groups is 2. The van der Waals surface area contributed by atoms with Crippen molar-refractivity contribution in [2.24, 2.45) is 11.8 Å². The van der Waals surface area contributed by atoms with Gasteiger partial charge in [0.15, 0.2) is 0 Å². The van der Waals surface area contributed by atoms with Crippen molar-refractivity contribution < 1.29 is 19.4 Å². The molecule has 0 aromatic heterocycles. The van der Waals surface area contributed by atoms with Gasteiger partial charge in [0.25, 0.3) is 0 Å². The van der Waals surface area contributed by atoms with E-state index < -0.39 is 17.7 Å². The monoisotopic (exact) mass is 261 g/mol. The minimum absolute atomic E-state index is 0.00924. The summed E-state index contributed by atoms with van der Waals surface area (Å²) in [6.45, 7) is 5.73. The number of rotatable bonds is 3. The molecule has 0 aromatic carbocycles. The lowest BCUT2D eigenvalue weighted by Crippen LogP contribution is -2.38. The average Bonchev–Trinajstić information content (AvgIpc) is 2.59. The Labute approximate surface area is 105 Å². The van der Waals surface area contributed by atoms with Gasteiger partial charge in [0, 0.05) is 12.3 Å². The van der Waals surface area contributed by atoms with Crippen molar-refractivity contribution in [2.75, 3.05) is 18.1 Å². The molecule has 0 bridgehead atoms. The van der Waals surface area contributed by atoms with Crippen LogP contribution in [0.5, 0.6) is 0 Å². The lowest BCUT2D eigenvalue weighted by atomic mass is 9.96. The largest absolute Gasteiger partial charge is 0.481 e. The molecule has 0 spiro atoms. The molecule has 0 radical (unpaired) electrons. The predicted molar refractivity (Wildman–Crippen MR) is 66.2 cm³/mol. The van der Waals surface area contributed by atoms with Crippen molar-refractivity contribution in [3.8, 4) is 0 Å². The van der Waals surface area contributed by atoms with E-state index in [4.69, 9.17) is 9.84 Å². The number of nitrogens with one attached hydrogen (secondary N) is 1. The summed E-state index contributed by atoms with van der Waals surface area (Å²) in [6, 6.07) is 0. The Bertz CT molecular complexity index is 300. The Morgan fingerprint density at radius 2 is 2.06 bits per heavy atom. The number of alkyl carbamates (subject to hydrolysis) is 1. The van der Waals surface area contributed by atoms with Crippen LogP contribution in [-0.2, 0) is 9.53 Å². The van der Waals surface area contributed by atoms with Crippen LogP contribution in [0.15, 0.2) is 0 Å². The van der Waals surface area contributed by atoms with Gasteiger partial charge in [0.2, 0.25) is 0 Å². The molecule has 1 aliphatic heterocycles. The van der Waals surface area contributed by atoms with Gasteiger partial charge >= 0.3 is 12.1 Å². The highest BCUT2D eigenvalue weighted by Crippen LogP contribution is 2.29. The highest BCUT2D eigenvalue weighted by Gasteiger charge is 2.33. The fourth-order valence-electron chi connectivity index (χ4n) is 1.60. The van der Waals surface area contributed by atoms with Gasteiger partial charge in [-0.25, -0.2) is 4.79 Å². The summed E-state index contributed by atoms with van der Waals surface area (Å²) in [7, 11) is 0. The smallest absolute Gasteiger partial charge is 0.407 e. The number of amides is 1. The third-order valence-electron chi connectivity index (χ3n) is 2.42. The van der Waals surface area contributed by atoms with Crippen molar-refractivity contribution >= 4 is 23.8 Å². The summed E-state index contributed by atoms with van der Waals surface area (Å²) in [5.41, 5.74) is -0.527. The van der Waals surface area contributed by atoms with Gasteiger partial charge in [-0.05, 0) is 32.4 Å². The van der Waals surface area contributed by atoms with E-state index in [9.17, 15) is 9.59 Å². The maximum atomic E-state index is 11.4. The Balaban J connectivity index is 2.35. The van der Waals surface area contributed by atoms with Crippen LogP contribution in [0, 0.1) is 11.8 Å². The Morgan fingerprint density at radius 3 is 2.59 bits per heavy atom. The maximum absolute atomic E-state index is 11.4. The van der Waals surface area contributed by atoms with E-state index in [0.717, 1.165) is 5.75 Å². The molecule has 2 unspecified atom stereocenters. The van der Waals surface area contributed by atoms with Gasteiger partial charge in [0.1, 0.15) is 5.60 Å². The second-order valence-corrected chi connectivity index (χ2v) is 6.20. The highest BCUT2D eigenvalue weighted by atomic mass is 32.2. The summed E-state index contributed by atoms with van der Waals surface area (Å²) in [5, 5.41) is 11.6. The molecule has 0 aliphatic carbocycles. The molecule has 2 N–H and O–H groups in total. The topological polar surface area (TPSA) is 75.6 Å². The molecule has 2 atom stereocenters. The minimum atomic E-state index is -0.786. The standard InChI is InChI=1S/C11H19NO4S/c1-11(2,3)16-10(15)12-4-7-5-17-6-8(7)9(13)14/h7-8H,4-6H2,1-3H3,(H,12,15)(H,13,14). The molecule has 1 rings (SSSR count). The minimum Gasteiger partial charge on any atom is -0.481 e. The molecule has 6 heteroatoms. The number of carboxylic acid groups (broad SMARTS) is 1. The molecular formula is C11H19NO4S. The normalized spacial score (nSPS) is 24.4. The summed E-state index contributed by atoms with van der Waals surface area (Å²) < 4.78 is 5.09. The summed E-state index contributed by atoms with van der Waals surface area (Å²) in [6.07, 6.45) is -0.487. The molecule has 5 nitrogen and oxygen atoms in total. The van der Waals surface area contributed by atoms with Gasteiger partial charge in [-0.2, -0.15) is 11.8 Å². The van der Waals surface area contributed by atoms with Gasteiger partial charge in [-0.3, -0.25) is 4.79 Å². The van der Waals surface area contributed by atoms with E-state index in [1.807, 2.05) is 0 Å². The molecule has 1 heterocycles. The molecule has 1 aliphatic rings. The number of carbonyl (C=O) groups excluding carboxylic acids is 1. The van der Waals surface area contributed by atoms with E-state index in [1.54, 1.807) is 32.5 Å². The van der Waals surface area contributed by atoms with Gasteiger partial charge < -0.3 is 15.2 Å². The van der Waals surface area contributed by atoms with Crippen molar-refractivity contribution in [3.05, 3.63) is 0 Å². The molecule has 1 saturated heterocycles. The van der Waals surface area contributed by atoms with E-state index >= 15 is 0 Å². The first-order valence-corrected chi connectivity index (χ1v) is 6.72. The second kappa shape index (κ2) is 5.62. The Hall–Kier alpha value is -0.910. The molecule has 0 aromatic rings. The summed E-state index contributed by atoms with van der Waals surface area (Å²) >= 11 is 1.61. The van der Waals surface area contributed by atoms with Crippen LogP contribution in [0.4, 0.5) is 4.79 Å². The average molecular weight is 261 g/mol. The third-order valence-corrected chi connectivity index (χ3v) is 3.68. The van der Waals surface area contributed by atoms with E-state index in [2.05, 4.69) is 5.32 Å². The van der Waals surface area contributed by atoms with Gasteiger partial charge in [-0.15, -0.1) is 0 Å². The van der Waals surface area contributed by atoms with Crippen molar-refractivity contribution in [1.29, 1.82) is 0 Å². The molecule has 0 saturated carbocycles. The highest BCUT2D eigenvalue weighted by molar-refractivity contribution is 7.99. The Morgan fingerprint density at radius 1 is 1.41 bits per heavy atom. The third kappa shape index (κ3) is 4.85. The van der Waals surface area contributed by atoms with E-state index in [1.165, 1.54) is 0 Å². The fraction of sp³-hybridized carbons (Fsp3) is 0.818. The molecule has 1 amide bonds. The van der Waals surface area contributed by atoms with Crippen LogP contribution in [0.25, 0.3) is 0 Å². The summed E-state index contributed by atoms with van der Waals surface area (Å²) in [4.78, 5) is 22.3. The van der Waals surface area contributed by atoms with Crippen LogP contribution in [0.2, 0.25) is 0 Å². The van der Waals surface area contributed by atoms with Gasteiger partial charge in [-0.1, -0.05) is 0 Å². The first kappa shape index (κ1) is 14.2. The first-order chi connectivity index (χ1) is 7.79. The van der Waals surface area contributed by atoms with E-state index in [-0.39, 0.29) is 11.8 Å². The van der Waals surface area contributed by atoms with Crippen LogP contribution >= 0.6 is 11.8 Å². The Kier molecular flexibility index (Phi) is 4.68. The zero-order chi connectivity index (χ0) is 13.1. The quantitative estimate of drug-likeness (QED) is 0.806. The van der Waals surface area contributed by atoms with Crippen LogP contribution in [-0.4, -0.2) is 40.8 Å². The van der Waals surface area contributed by atoms with Crippen molar-refractivity contribution in [2.45, 2.75) is 26.4 Å². The molecule has 98 valence electrons. The van der Waals surface area contributed by atoms with Crippen molar-refractivity contribution in [1.82, 2.24) is 5.32 Å². The zero-order valence-corrected chi connectivity index (χ0v) is 11.2. The van der Waals surface area contributed by atoms with Crippen LogP contribution in [0.1, 0.15) is 20.8 Å². The molecular weight excluding hydrogens is 242 g/mol. The first-order valence-electron chi connectivity index (χ1n) is 5.57. The SMILES string of the molecule is CC(C)(C)OC(=O)NCC1CSCC1C(=O)O. The van der Waals surface area contributed by atoms with E-state index in [0.29, 0.717) is 12.3 Å². The lowest BCUT2D eigenvalue weighted by Gasteiger charge is -2.21. The van der Waals surface area contributed by atoms with Gasteiger partial charge in [0.05, 0.1) is 5.92 Å². The summed E-state index contributed by atoms with van der Waals surface area (Å²) in [5.74, 6) is 0.230. The number of thioether (sulfide) groups is 1.